The lowest BCUT2D eigenvalue weighted by atomic mass is 9.83. The van der Waals surface area contributed by atoms with E-state index in [4.69, 9.17) is 0 Å². The van der Waals surface area contributed by atoms with Gasteiger partial charge in [-0.15, -0.1) is 11.3 Å². The van der Waals surface area contributed by atoms with Crippen LogP contribution >= 0.6 is 11.3 Å². The molecule has 1 atom stereocenters. The van der Waals surface area contributed by atoms with E-state index in [1.807, 2.05) is 5.38 Å². The molecule has 2 heterocycles. The van der Waals surface area contributed by atoms with Gasteiger partial charge in [0.15, 0.2) is 5.78 Å². The van der Waals surface area contributed by atoms with Crippen LogP contribution in [0.2, 0.25) is 0 Å². The van der Waals surface area contributed by atoms with E-state index in [1.54, 1.807) is 6.20 Å². The second-order valence-electron chi connectivity index (χ2n) is 7.44. The molecule has 0 aliphatic heterocycles. The first-order chi connectivity index (χ1) is 13.6. The number of carbonyl (C=O) groups excluding carboxylic acids is 1. The molecule has 0 amide bonds. The second kappa shape index (κ2) is 8.31. The maximum absolute atomic E-state index is 13.7. The van der Waals surface area contributed by atoms with E-state index in [2.05, 4.69) is 9.97 Å². The van der Waals surface area contributed by atoms with Gasteiger partial charge in [-0.3, -0.25) is 14.2 Å². The van der Waals surface area contributed by atoms with Gasteiger partial charge >= 0.3 is 0 Å². The topological polar surface area (TPSA) is 64.8 Å². The fraction of sp³-hybridized carbons (Fsp3) is 0.429. The summed E-state index contributed by atoms with van der Waals surface area (Å²) in [6, 6.07) is 3.38. The lowest BCUT2D eigenvalue weighted by Gasteiger charge is -2.27. The van der Waals surface area contributed by atoms with Crippen LogP contribution in [0.3, 0.4) is 0 Å². The average Bonchev–Trinajstić information content (AvgIpc) is 3.21. The van der Waals surface area contributed by atoms with E-state index in [1.165, 1.54) is 46.9 Å². The maximum Gasteiger partial charge on any atom is 0.261 e. The zero-order valence-electron chi connectivity index (χ0n) is 15.5. The summed E-state index contributed by atoms with van der Waals surface area (Å²) in [4.78, 5) is 34.7. The van der Waals surface area contributed by atoms with Crippen molar-refractivity contribution >= 4 is 28.0 Å². The molecule has 4 rings (SSSR count). The highest BCUT2D eigenvalue weighted by atomic mass is 32.1. The van der Waals surface area contributed by atoms with Gasteiger partial charge in [-0.1, -0.05) is 32.1 Å². The van der Waals surface area contributed by atoms with Crippen LogP contribution in [0.1, 0.15) is 49.6 Å². The Morgan fingerprint density at radius 1 is 1.25 bits per heavy atom. The van der Waals surface area contributed by atoms with Crippen LogP contribution in [0, 0.1) is 11.7 Å². The first kappa shape index (κ1) is 18.9. The molecule has 1 unspecified atom stereocenters. The van der Waals surface area contributed by atoms with Gasteiger partial charge in [0, 0.05) is 11.6 Å². The molecular weight excluding hydrogens is 377 g/mol. The summed E-state index contributed by atoms with van der Waals surface area (Å²) in [7, 11) is 0. The fourth-order valence-electron chi connectivity index (χ4n) is 4.08. The molecule has 2 aromatic heterocycles. The van der Waals surface area contributed by atoms with Crippen LogP contribution in [0.4, 0.5) is 4.39 Å². The molecule has 7 heteroatoms. The minimum atomic E-state index is -0.598. The number of hydrogen-bond acceptors (Lipinski definition) is 5. The highest BCUT2D eigenvalue weighted by molar-refractivity contribution is 7.09. The number of thiazole rings is 1. The van der Waals surface area contributed by atoms with Crippen molar-refractivity contribution in [1.29, 1.82) is 0 Å². The Morgan fingerprint density at radius 2 is 2.07 bits per heavy atom. The minimum absolute atomic E-state index is 0.0415. The van der Waals surface area contributed by atoms with Crippen LogP contribution in [-0.4, -0.2) is 20.3 Å². The first-order valence-electron chi connectivity index (χ1n) is 9.69. The molecule has 0 spiro atoms. The van der Waals surface area contributed by atoms with Crippen LogP contribution in [0.5, 0.6) is 0 Å². The number of Topliss-reactive ketones (excluding diaryl/α,β-unsaturated/α-hetero) is 1. The SMILES string of the molecule is O=C(Cc1nccs1)C(CC1CCCCC1)n1cnc2ccc(F)cc2c1=O. The van der Waals surface area contributed by atoms with Gasteiger partial charge < -0.3 is 0 Å². The average molecular weight is 399 g/mol. The van der Waals surface area contributed by atoms with Crippen molar-refractivity contribution in [3.8, 4) is 0 Å². The Morgan fingerprint density at radius 3 is 2.82 bits per heavy atom. The Labute approximate surface area is 166 Å². The van der Waals surface area contributed by atoms with Gasteiger partial charge in [0.25, 0.3) is 5.56 Å². The third-order valence-corrected chi connectivity index (χ3v) is 6.32. The molecule has 0 bridgehead atoms. The van der Waals surface area contributed by atoms with Crippen LogP contribution in [-0.2, 0) is 11.2 Å². The number of ketones is 1. The van der Waals surface area contributed by atoms with Crippen molar-refractivity contribution in [2.24, 2.45) is 5.92 Å². The lowest BCUT2D eigenvalue weighted by Crippen LogP contribution is -2.33. The number of nitrogens with zero attached hydrogens (tertiary/aromatic N) is 3. The Kier molecular flexibility index (Phi) is 5.62. The van der Waals surface area contributed by atoms with Gasteiger partial charge in [-0.2, -0.15) is 0 Å². The minimum Gasteiger partial charge on any atom is -0.297 e. The number of halogens is 1. The summed E-state index contributed by atoms with van der Waals surface area (Å²) in [5.41, 5.74) is 0.0734. The Bertz CT molecular complexity index is 1030. The number of aromatic nitrogens is 3. The summed E-state index contributed by atoms with van der Waals surface area (Å²) < 4.78 is 15.1. The molecule has 0 N–H and O–H groups in total. The second-order valence-corrected chi connectivity index (χ2v) is 8.42. The Hall–Kier alpha value is -2.41. The summed E-state index contributed by atoms with van der Waals surface area (Å²) in [5, 5.41) is 2.79. The first-order valence-corrected chi connectivity index (χ1v) is 10.6. The van der Waals surface area contributed by atoms with Crippen molar-refractivity contribution in [2.75, 3.05) is 0 Å². The van der Waals surface area contributed by atoms with Gasteiger partial charge in [-0.05, 0) is 30.5 Å². The van der Waals surface area contributed by atoms with E-state index >= 15 is 0 Å². The highest BCUT2D eigenvalue weighted by Crippen LogP contribution is 2.31. The number of hydrogen-bond donors (Lipinski definition) is 0. The summed E-state index contributed by atoms with van der Waals surface area (Å²) in [5.74, 6) is -0.114. The third kappa shape index (κ3) is 4.04. The summed E-state index contributed by atoms with van der Waals surface area (Å²) >= 11 is 1.43. The molecule has 5 nitrogen and oxygen atoms in total. The van der Waals surface area contributed by atoms with Crippen molar-refractivity contribution in [3.05, 3.63) is 57.3 Å². The van der Waals surface area contributed by atoms with E-state index in [0.717, 1.165) is 30.7 Å². The Balaban J connectivity index is 1.71. The van der Waals surface area contributed by atoms with Crippen LogP contribution in [0.25, 0.3) is 10.9 Å². The zero-order valence-corrected chi connectivity index (χ0v) is 16.3. The van der Waals surface area contributed by atoms with Crippen molar-refractivity contribution in [2.45, 2.75) is 51.0 Å². The number of benzene rings is 1. The maximum atomic E-state index is 13.7. The standard InChI is InChI=1S/C21H22FN3O2S/c22-15-6-7-17-16(11-15)21(27)25(13-24-17)18(10-14-4-2-1-3-5-14)19(26)12-20-23-8-9-28-20/h6-9,11,13-14,18H,1-5,10,12H2. The van der Waals surface area contributed by atoms with Gasteiger partial charge in [0.2, 0.25) is 0 Å². The predicted molar refractivity (Wildman–Crippen MR) is 107 cm³/mol. The van der Waals surface area contributed by atoms with E-state index < -0.39 is 11.9 Å². The molecule has 1 fully saturated rings. The van der Waals surface area contributed by atoms with Crippen molar-refractivity contribution in [1.82, 2.24) is 14.5 Å². The normalized spacial score (nSPS) is 16.3. The fourth-order valence-corrected chi connectivity index (χ4v) is 4.70. The molecule has 28 heavy (non-hydrogen) atoms. The lowest BCUT2D eigenvalue weighted by molar-refractivity contribution is -0.122. The highest BCUT2D eigenvalue weighted by Gasteiger charge is 2.27. The predicted octanol–water partition coefficient (Wildman–Crippen LogP) is 4.32. The van der Waals surface area contributed by atoms with Crippen LogP contribution < -0.4 is 5.56 Å². The number of fused-ring (bicyclic) bond motifs is 1. The monoisotopic (exact) mass is 399 g/mol. The quantitative estimate of drug-likeness (QED) is 0.619. The van der Waals surface area contributed by atoms with E-state index in [-0.39, 0.29) is 23.1 Å². The van der Waals surface area contributed by atoms with Crippen molar-refractivity contribution < 1.29 is 9.18 Å². The molecule has 1 aliphatic carbocycles. The largest absolute Gasteiger partial charge is 0.297 e. The smallest absolute Gasteiger partial charge is 0.261 e. The van der Waals surface area contributed by atoms with Gasteiger partial charge in [-0.25, -0.2) is 14.4 Å². The van der Waals surface area contributed by atoms with E-state index in [9.17, 15) is 14.0 Å². The molecule has 0 radical (unpaired) electrons. The van der Waals surface area contributed by atoms with E-state index in [0.29, 0.717) is 17.9 Å². The zero-order chi connectivity index (χ0) is 19.5. The molecule has 1 aliphatic rings. The summed E-state index contributed by atoms with van der Waals surface area (Å²) in [6.07, 6.45) is 9.63. The molecule has 0 saturated heterocycles. The molecule has 3 aromatic rings. The van der Waals surface area contributed by atoms with Crippen LogP contribution in [0.15, 0.2) is 40.9 Å². The molecule has 1 saturated carbocycles. The number of carbonyl (C=O) groups is 1. The molecule has 146 valence electrons. The van der Waals surface area contributed by atoms with Crippen molar-refractivity contribution in [3.63, 3.8) is 0 Å². The van der Waals surface area contributed by atoms with Gasteiger partial charge in [0.1, 0.15) is 5.82 Å². The third-order valence-electron chi connectivity index (χ3n) is 5.54. The molecule has 1 aromatic carbocycles. The molecular formula is C21H22FN3O2S. The summed E-state index contributed by atoms with van der Waals surface area (Å²) in [6.45, 7) is 0. The number of rotatable bonds is 6. The van der Waals surface area contributed by atoms with Gasteiger partial charge in [0.05, 0.1) is 34.7 Å².